The fraction of sp³-hybridized carbons (Fsp3) is 0.0392. The molecule has 0 aliphatic heterocycles. The number of nitrogens with zero attached hydrogens (tertiary/aromatic N) is 3. The van der Waals surface area contributed by atoms with Crippen LogP contribution in [0.5, 0.6) is 0 Å². The largest absolute Gasteiger partial charge is 0.456 e. The van der Waals surface area contributed by atoms with Gasteiger partial charge in [0.25, 0.3) is 0 Å². The number of furan rings is 2. The molecule has 12 rings (SSSR count). The van der Waals surface area contributed by atoms with Crippen molar-refractivity contribution in [1.82, 2.24) is 15.0 Å². The fourth-order valence-corrected chi connectivity index (χ4v) is 8.87. The Morgan fingerprint density at radius 1 is 0.429 bits per heavy atom. The van der Waals surface area contributed by atoms with Crippen molar-refractivity contribution in [2.24, 2.45) is 0 Å². The monoisotopic (exact) mass is 717 g/mol. The Morgan fingerprint density at radius 3 is 1.68 bits per heavy atom. The zero-order chi connectivity index (χ0) is 36.7. The van der Waals surface area contributed by atoms with E-state index >= 15 is 0 Å². The van der Waals surface area contributed by atoms with E-state index in [1.54, 1.807) is 0 Å². The van der Waals surface area contributed by atoms with E-state index in [9.17, 15) is 0 Å². The Hall–Kier alpha value is -7.37. The summed E-state index contributed by atoms with van der Waals surface area (Å²) in [5, 5.41) is 11.5. The summed E-state index contributed by atoms with van der Waals surface area (Å²) in [6, 6.07) is 51.0. The van der Waals surface area contributed by atoms with Crippen molar-refractivity contribution in [3.8, 4) is 33.9 Å². The molecule has 0 saturated carbocycles. The predicted octanol–water partition coefficient (Wildman–Crippen LogP) is 13.7. The van der Waals surface area contributed by atoms with Gasteiger partial charge < -0.3 is 8.83 Å². The molecule has 5 heteroatoms. The molecule has 1 unspecified atom stereocenters. The smallest absolute Gasteiger partial charge is 0.164 e. The molecule has 3 heterocycles. The molecule has 0 fully saturated rings. The molecule has 0 spiro atoms. The first-order chi connectivity index (χ1) is 27.8. The summed E-state index contributed by atoms with van der Waals surface area (Å²) < 4.78 is 13.1. The topological polar surface area (TPSA) is 65.0 Å². The molecule has 0 saturated heterocycles. The summed E-state index contributed by atoms with van der Waals surface area (Å²) in [5.41, 5.74) is 7.22. The highest BCUT2D eigenvalue weighted by Gasteiger charge is 2.23. The average molecular weight is 718 g/mol. The number of rotatable bonds is 4. The lowest BCUT2D eigenvalue weighted by Gasteiger charge is -2.15. The van der Waals surface area contributed by atoms with Crippen LogP contribution < -0.4 is 0 Å². The van der Waals surface area contributed by atoms with Crippen molar-refractivity contribution < 1.29 is 8.83 Å². The number of para-hydroxylation sites is 2. The highest BCUT2D eigenvalue weighted by molar-refractivity contribution is 6.26. The standard InChI is InChI=1S/C51H31N3O2/c1-2-13-30(14-3-1)49-52-50(40-22-11-25-44-46(40)38-19-8-9-24-43(38)55-44)54-51(53-49)41-23-12-26-45-47(41)39-21-10-20-32(48(39)56-45)31-27-28-37-35-17-5-4-15-33(35)34-16-6-7-18-36(34)42(37)29-31/h1-13,15-30H,14H2. The zero-order valence-electron chi connectivity index (χ0n) is 30.1. The van der Waals surface area contributed by atoms with E-state index in [4.69, 9.17) is 23.8 Å². The second-order valence-corrected chi connectivity index (χ2v) is 14.6. The second-order valence-electron chi connectivity index (χ2n) is 14.6. The predicted molar refractivity (Wildman–Crippen MR) is 229 cm³/mol. The molecular formula is C51H31N3O2. The third kappa shape index (κ3) is 4.64. The Kier molecular flexibility index (Phi) is 6.69. The third-order valence-electron chi connectivity index (χ3n) is 11.4. The van der Waals surface area contributed by atoms with E-state index in [1.807, 2.05) is 42.5 Å². The van der Waals surface area contributed by atoms with Crippen LogP contribution in [0.15, 0.2) is 179 Å². The molecule has 3 aromatic heterocycles. The molecular weight excluding hydrogens is 687 g/mol. The van der Waals surface area contributed by atoms with E-state index < -0.39 is 0 Å². The van der Waals surface area contributed by atoms with Gasteiger partial charge in [-0.1, -0.05) is 146 Å². The lowest BCUT2D eigenvalue weighted by atomic mass is 9.91. The van der Waals surface area contributed by atoms with Gasteiger partial charge in [-0.25, -0.2) is 15.0 Å². The highest BCUT2D eigenvalue weighted by atomic mass is 16.3. The van der Waals surface area contributed by atoms with Gasteiger partial charge in [-0.3, -0.25) is 0 Å². The molecule has 0 N–H and O–H groups in total. The van der Waals surface area contributed by atoms with Gasteiger partial charge in [-0.2, -0.15) is 0 Å². The molecule has 1 aliphatic rings. The van der Waals surface area contributed by atoms with Gasteiger partial charge in [-0.05, 0) is 68.6 Å². The van der Waals surface area contributed by atoms with Crippen LogP contribution in [-0.4, -0.2) is 15.0 Å². The summed E-state index contributed by atoms with van der Waals surface area (Å²) in [5.74, 6) is 1.98. The van der Waals surface area contributed by atoms with Gasteiger partial charge >= 0.3 is 0 Å². The molecule has 56 heavy (non-hydrogen) atoms. The van der Waals surface area contributed by atoms with E-state index in [2.05, 4.69) is 127 Å². The number of aromatic nitrogens is 3. The van der Waals surface area contributed by atoms with Gasteiger partial charge in [-0.15, -0.1) is 0 Å². The van der Waals surface area contributed by atoms with E-state index in [-0.39, 0.29) is 5.92 Å². The minimum atomic E-state index is 0.0220. The first kappa shape index (κ1) is 31.0. The first-order valence-electron chi connectivity index (χ1n) is 19.0. The lowest BCUT2D eigenvalue weighted by molar-refractivity contribution is 0.669. The summed E-state index contributed by atoms with van der Waals surface area (Å²) in [6.45, 7) is 0. The Balaban J connectivity index is 1.08. The Bertz CT molecular complexity index is 3440. The quantitative estimate of drug-likeness (QED) is 0.170. The zero-order valence-corrected chi connectivity index (χ0v) is 30.1. The maximum atomic E-state index is 6.82. The molecule has 11 aromatic rings. The number of allylic oxidation sites excluding steroid dienone is 4. The minimum Gasteiger partial charge on any atom is -0.456 e. The molecule has 0 amide bonds. The molecule has 1 atom stereocenters. The summed E-state index contributed by atoms with van der Waals surface area (Å²) in [4.78, 5) is 15.6. The van der Waals surface area contributed by atoms with E-state index in [0.717, 1.165) is 78.4 Å². The Morgan fingerprint density at radius 2 is 0.982 bits per heavy atom. The van der Waals surface area contributed by atoms with E-state index in [0.29, 0.717) is 11.6 Å². The molecule has 0 radical (unpaired) electrons. The minimum absolute atomic E-state index is 0.0220. The van der Waals surface area contributed by atoms with Gasteiger partial charge in [0.05, 0.1) is 0 Å². The highest BCUT2D eigenvalue weighted by Crippen LogP contribution is 2.43. The van der Waals surface area contributed by atoms with Crippen molar-refractivity contribution in [3.05, 3.63) is 176 Å². The van der Waals surface area contributed by atoms with Crippen molar-refractivity contribution in [2.45, 2.75) is 12.3 Å². The van der Waals surface area contributed by atoms with Crippen molar-refractivity contribution in [1.29, 1.82) is 0 Å². The van der Waals surface area contributed by atoms with Crippen molar-refractivity contribution in [2.75, 3.05) is 0 Å². The first-order valence-corrected chi connectivity index (χ1v) is 19.0. The van der Waals surface area contributed by atoms with Gasteiger partial charge in [0.15, 0.2) is 11.6 Å². The van der Waals surface area contributed by atoms with Crippen LogP contribution in [0.3, 0.4) is 0 Å². The lowest BCUT2D eigenvalue weighted by Crippen LogP contribution is -2.08. The van der Waals surface area contributed by atoms with Crippen LogP contribution in [0.1, 0.15) is 18.2 Å². The molecule has 1 aliphatic carbocycles. The maximum absolute atomic E-state index is 6.82. The summed E-state index contributed by atoms with van der Waals surface area (Å²) in [7, 11) is 0. The van der Waals surface area contributed by atoms with Crippen LogP contribution in [-0.2, 0) is 0 Å². The SMILES string of the molecule is C1=CCC(c2nc(-c3cccc4oc5ccccc5c34)nc(-c3cccc4oc5c(-c6ccc7c8ccccc8c8ccccc8c7c6)cccc5c34)n2)C=C1. The maximum Gasteiger partial charge on any atom is 0.164 e. The number of benzene rings is 8. The Labute approximate surface area is 320 Å². The van der Waals surface area contributed by atoms with Gasteiger partial charge in [0.1, 0.15) is 28.2 Å². The normalized spacial score (nSPS) is 14.4. The number of hydrogen-bond donors (Lipinski definition) is 0. The van der Waals surface area contributed by atoms with Crippen LogP contribution in [0.2, 0.25) is 0 Å². The number of hydrogen-bond acceptors (Lipinski definition) is 5. The van der Waals surface area contributed by atoms with Gasteiger partial charge in [0.2, 0.25) is 0 Å². The fourth-order valence-electron chi connectivity index (χ4n) is 8.87. The number of fused-ring (bicyclic) bond motifs is 12. The second kappa shape index (κ2) is 12.1. The molecule has 262 valence electrons. The third-order valence-corrected chi connectivity index (χ3v) is 11.4. The summed E-state index contributed by atoms with van der Waals surface area (Å²) >= 11 is 0. The van der Waals surface area contributed by atoms with E-state index in [1.165, 1.54) is 32.3 Å². The molecule has 8 aromatic carbocycles. The van der Waals surface area contributed by atoms with Crippen LogP contribution >= 0.6 is 0 Å². The average Bonchev–Trinajstić information content (AvgIpc) is 3.85. The van der Waals surface area contributed by atoms with Crippen LogP contribution in [0.4, 0.5) is 0 Å². The van der Waals surface area contributed by atoms with Crippen LogP contribution in [0, 0.1) is 0 Å². The summed E-state index contributed by atoms with van der Waals surface area (Å²) in [6.07, 6.45) is 9.31. The van der Waals surface area contributed by atoms with Gasteiger partial charge in [0, 0.05) is 44.2 Å². The van der Waals surface area contributed by atoms with Crippen LogP contribution in [0.25, 0.3) is 110 Å². The molecule has 0 bridgehead atoms. The van der Waals surface area contributed by atoms with Crippen molar-refractivity contribution >= 4 is 76.2 Å². The van der Waals surface area contributed by atoms with Crippen molar-refractivity contribution in [3.63, 3.8) is 0 Å². The molecule has 5 nitrogen and oxygen atoms in total.